The number of halogens is 1. The monoisotopic (exact) mass is 434 g/mol. The number of esters is 2. The Labute approximate surface area is 179 Å². The highest BCUT2D eigenvalue weighted by atomic mass is 35.5. The fourth-order valence-corrected chi connectivity index (χ4v) is 4.03. The molecule has 0 saturated carbocycles. The Morgan fingerprint density at radius 1 is 1.17 bits per heavy atom. The van der Waals surface area contributed by atoms with Crippen molar-refractivity contribution in [2.75, 3.05) is 24.7 Å². The van der Waals surface area contributed by atoms with Crippen molar-refractivity contribution < 1.29 is 19.1 Å². The van der Waals surface area contributed by atoms with Crippen molar-refractivity contribution in [3.63, 3.8) is 0 Å². The maximum atomic E-state index is 13.0. The summed E-state index contributed by atoms with van der Waals surface area (Å²) >= 11 is 7.82. The van der Waals surface area contributed by atoms with E-state index in [2.05, 4.69) is 11.4 Å². The molecule has 1 aliphatic rings. The minimum atomic E-state index is -0.735. The number of nitrogens with zero attached hydrogens (tertiary/aromatic N) is 1. The molecular weight excluding hydrogens is 412 g/mol. The Morgan fingerprint density at radius 2 is 1.79 bits per heavy atom. The van der Waals surface area contributed by atoms with Crippen LogP contribution in [0.5, 0.6) is 0 Å². The van der Waals surface area contributed by atoms with Crippen molar-refractivity contribution in [2.24, 2.45) is 0 Å². The Morgan fingerprint density at radius 3 is 2.38 bits per heavy atom. The first kappa shape index (κ1) is 22.9. The number of hydrogen-bond donors (Lipinski definition) is 1. The Bertz CT molecular complexity index is 889. The summed E-state index contributed by atoms with van der Waals surface area (Å²) < 4.78 is 10.6. The van der Waals surface area contributed by atoms with Gasteiger partial charge in [0.2, 0.25) is 0 Å². The van der Waals surface area contributed by atoms with Crippen molar-refractivity contribution >= 4 is 35.3 Å². The van der Waals surface area contributed by atoms with Crippen LogP contribution in [0.2, 0.25) is 5.02 Å². The molecule has 0 amide bonds. The zero-order valence-corrected chi connectivity index (χ0v) is 18.2. The lowest BCUT2D eigenvalue weighted by molar-refractivity contribution is -0.139. The zero-order chi connectivity index (χ0) is 21.4. The number of nitriles is 1. The second kappa shape index (κ2) is 10.9. The lowest BCUT2D eigenvalue weighted by Gasteiger charge is -2.31. The minimum absolute atomic E-state index is 0.188. The Kier molecular flexibility index (Phi) is 8.62. The number of dihydropyridines is 1. The summed E-state index contributed by atoms with van der Waals surface area (Å²) in [6, 6.07) is 9.15. The van der Waals surface area contributed by atoms with E-state index < -0.39 is 17.9 Å². The van der Waals surface area contributed by atoms with E-state index in [4.69, 9.17) is 26.3 Å². The SMILES string of the molecule is CCOC(=O)C1=C(C)NC(CSCC#N)=C(C(=O)OCC)C1c1ccccc1Cl. The lowest BCUT2D eigenvalue weighted by Crippen LogP contribution is -2.34. The summed E-state index contributed by atoms with van der Waals surface area (Å²) in [6.45, 7) is 5.59. The molecule has 1 atom stereocenters. The quantitative estimate of drug-likeness (QED) is 0.489. The van der Waals surface area contributed by atoms with Crippen LogP contribution in [0.3, 0.4) is 0 Å². The van der Waals surface area contributed by atoms with Gasteiger partial charge in [0.25, 0.3) is 0 Å². The number of carbonyl (C=O) groups excluding carboxylic acids is 2. The number of thioether (sulfide) groups is 1. The van der Waals surface area contributed by atoms with Gasteiger partial charge in [-0.25, -0.2) is 9.59 Å². The summed E-state index contributed by atoms with van der Waals surface area (Å²) in [5.74, 6) is -1.14. The molecule has 1 aromatic carbocycles. The standard InChI is InChI=1S/C21H23ClN2O4S/c1-4-27-20(25)17-13(3)24-16(12-29-11-10-23)19(21(26)28-5-2)18(17)14-8-6-7-9-15(14)22/h6-9,18,24H,4-5,11-12H2,1-3H3. The summed E-state index contributed by atoms with van der Waals surface area (Å²) in [6.07, 6.45) is 0. The van der Waals surface area contributed by atoms with Crippen molar-refractivity contribution in [3.05, 3.63) is 57.4 Å². The van der Waals surface area contributed by atoms with Crippen LogP contribution in [0.1, 0.15) is 32.3 Å². The molecule has 1 aromatic rings. The molecule has 8 heteroatoms. The van der Waals surface area contributed by atoms with E-state index in [1.165, 1.54) is 11.8 Å². The predicted molar refractivity (Wildman–Crippen MR) is 113 cm³/mol. The third kappa shape index (κ3) is 5.34. The second-order valence-corrected chi connectivity index (χ2v) is 7.50. The van der Waals surface area contributed by atoms with Gasteiger partial charge in [0, 0.05) is 22.2 Å². The fraction of sp³-hybridized carbons (Fsp3) is 0.381. The summed E-state index contributed by atoms with van der Waals surface area (Å²) in [4.78, 5) is 25.8. The Balaban J connectivity index is 2.69. The van der Waals surface area contributed by atoms with Crippen LogP contribution in [-0.2, 0) is 19.1 Å². The van der Waals surface area contributed by atoms with Crippen LogP contribution < -0.4 is 5.32 Å². The maximum absolute atomic E-state index is 13.0. The van der Waals surface area contributed by atoms with E-state index >= 15 is 0 Å². The van der Waals surface area contributed by atoms with Gasteiger partial charge in [-0.3, -0.25) is 0 Å². The molecule has 1 heterocycles. The van der Waals surface area contributed by atoms with Crippen LogP contribution in [0, 0.1) is 11.3 Å². The molecule has 0 bridgehead atoms. The van der Waals surface area contributed by atoms with E-state index in [9.17, 15) is 9.59 Å². The second-order valence-electron chi connectivity index (χ2n) is 6.10. The van der Waals surface area contributed by atoms with Crippen LogP contribution in [0.4, 0.5) is 0 Å². The third-order valence-corrected chi connectivity index (χ3v) is 5.44. The molecule has 0 spiro atoms. The van der Waals surface area contributed by atoms with Gasteiger partial charge in [-0.05, 0) is 32.4 Å². The van der Waals surface area contributed by atoms with Crippen molar-refractivity contribution in [1.29, 1.82) is 5.26 Å². The number of carbonyl (C=O) groups is 2. The average molecular weight is 435 g/mol. The molecule has 0 saturated heterocycles. The number of ether oxygens (including phenoxy) is 2. The van der Waals surface area contributed by atoms with Crippen molar-refractivity contribution in [2.45, 2.75) is 26.7 Å². The molecule has 29 heavy (non-hydrogen) atoms. The Hall–Kier alpha value is -2.43. The fourth-order valence-electron chi connectivity index (χ4n) is 3.16. The largest absolute Gasteiger partial charge is 0.463 e. The van der Waals surface area contributed by atoms with Gasteiger partial charge in [-0.15, -0.1) is 11.8 Å². The van der Waals surface area contributed by atoms with Crippen LogP contribution >= 0.6 is 23.4 Å². The molecule has 1 N–H and O–H groups in total. The number of hydrogen-bond acceptors (Lipinski definition) is 7. The van der Waals surface area contributed by atoms with E-state index in [-0.39, 0.29) is 19.0 Å². The zero-order valence-electron chi connectivity index (χ0n) is 16.6. The summed E-state index contributed by atoms with van der Waals surface area (Å²) in [5.41, 5.74) is 2.41. The summed E-state index contributed by atoms with van der Waals surface area (Å²) in [5, 5.41) is 12.4. The number of rotatable bonds is 8. The molecule has 0 aromatic heterocycles. The van der Waals surface area contributed by atoms with Crippen LogP contribution in [0.15, 0.2) is 46.8 Å². The van der Waals surface area contributed by atoms with Gasteiger partial charge in [0.05, 0.1) is 42.1 Å². The van der Waals surface area contributed by atoms with E-state index in [1.54, 1.807) is 45.0 Å². The van der Waals surface area contributed by atoms with Gasteiger partial charge in [-0.2, -0.15) is 5.26 Å². The molecule has 0 radical (unpaired) electrons. The van der Waals surface area contributed by atoms with Gasteiger partial charge in [-0.1, -0.05) is 29.8 Å². The van der Waals surface area contributed by atoms with E-state index in [1.807, 2.05) is 0 Å². The van der Waals surface area contributed by atoms with Gasteiger partial charge >= 0.3 is 11.9 Å². The highest BCUT2D eigenvalue weighted by Crippen LogP contribution is 2.42. The number of nitrogens with one attached hydrogen (secondary N) is 1. The smallest absolute Gasteiger partial charge is 0.336 e. The molecule has 154 valence electrons. The number of benzene rings is 1. The topological polar surface area (TPSA) is 88.4 Å². The minimum Gasteiger partial charge on any atom is -0.463 e. The molecule has 0 aliphatic carbocycles. The van der Waals surface area contributed by atoms with Crippen molar-refractivity contribution in [3.8, 4) is 6.07 Å². The molecule has 1 aliphatic heterocycles. The molecule has 1 unspecified atom stereocenters. The van der Waals surface area contributed by atoms with Gasteiger partial charge < -0.3 is 14.8 Å². The van der Waals surface area contributed by atoms with E-state index in [0.29, 0.717) is 38.9 Å². The maximum Gasteiger partial charge on any atom is 0.336 e. The van der Waals surface area contributed by atoms with E-state index in [0.717, 1.165) is 0 Å². The summed E-state index contributed by atoms with van der Waals surface area (Å²) in [7, 11) is 0. The highest BCUT2D eigenvalue weighted by Gasteiger charge is 2.39. The third-order valence-electron chi connectivity index (χ3n) is 4.26. The van der Waals surface area contributed by atoms with Gasteiger partial charge in [0.15, 0.2) is 0 Å². The number of allylic oxidation sites excluding steroid dienone is 1. The molecule has 6 nitrogen and oxygen atoms in total. The van der Waals surface area contributed by atoms with Crippen LogP contribution in [-0.4, -0.2) is 36.7 Å². The first-order chi connectivity index (χ1) is 14.0. The highest BCUT2D eigenvalue weighted by molar-refractivity contribution is 7.99. The first-order valence-corrected chi connectivity index (χ1v) is 10.7. The van der Waals surface area contributed by atoms with Crippen molar-refractivity contribution in [1.82, 2.24) is 5.32 Å². The van der Waals surface area contributed by atoms with Gasteiger partial charge in [0.1, 0.15) is 0 Å². The van der Waals surface area contributed by atoms with Crippen LogP contribution in [0.25, 0.3) is 0 Å². The normalized spacial score (nSPS) is 16.2. The molecular formula is C21H23ClN2O4S. The average Bonchev–Trinajstić information content (AvgIpc) is 2.68. The molecule has 2 rings (SSSR count). The lowest BCUT2D eigenvalue weighted by atomic mass is 9.80. The predicted octanol–water partition coefficient (Wildman–Crippen LogP) is 3.94. The first-order valence-electron chi connectivity index (χ1n) is 9.20. The molecule has 0 fully saturated rings.